The zero-order valence-corrected chi connectivity index (χ0v) is 16.1. The third-order valence-electron chi connectivity index (χ3n) is 3.60. The molecule has 27 heavy (non-hydrogen) atoms. The van der Waals surface area contributed by atoms with Gasteiger partial charge in [-0.05, 0) is 42.5 Å². The van der Waals surface area contributed by atoms with Crippen LogP contribution in [0.4, 0.5) is 5.69 Å². The van der Waals surface area contributed by atoms with Gasteiger partial charge in [0.05, 0.1) is 4.91 Å². The molecule has 0 bridgehead atoms. The molecule has 2 aromatic carbocycles. The lowest BCUT2D eigenvalue weighted by molar-refractivity contribution is -0.126. The van der Waals surface area contributed by atoms with Crippen LogP contribution in [0, 0.1) is 0 Å². The summed E-state index contributed by atoms with van der Waals surface area (Å²) >= 11 is 12.0. The molecule has 1 aliphatic rings. The molecule has 1 aliphatic heterocycles. The van der Waals surface area contributed by atoms with Crippen molar-refractivity contribution in [1.82, 2.24) is 4.90 Å². The maximum atomic E-state index is 12.6. The lowest BCUT2D eigenvalue weighted by Gasteiger charge is -2.14. The van der Waals surface area contributed by atoms with Gasteiger partial charge >= 0.3 is 0 Å². The Morgan fingerprint density at radius 2 is 1.93 bits per heavy atom. The average Bonchev–Trinajstić information content (AvgIpc) is 2.87. The van der Waals surface area contributed by atoms with Crippen molar-refractivity contribution in [2.45, 2.75) is 0 Å². The van der Waals surface area contributed by atoms with E-state index < -0.39 is 11.8 Å². The van der Waals surface area contributed by atoms with Crippen LogP contribution in [-0.2, 0) is 9.59 Å². The third-order valence-corrected chi connectivity index (χ3v) is 5.23. The van der Waals surface area contributed by atoms with E-state index in [4.69, 9.17) is 23.8 Å². The maximum absolute atomic E-state index is 12.6. The molecule has 3 rings (SSSR count). The zero-order chi connectivity index (χ0) is 19.6. The number of benzene rings is 2. The summed E-state index contributed by atoms with van der Waals surface area (Å²) in [6.45, 7) is -0.230. The molecule has 0 aliphatic carbocycles. The van der Waals surface area contributed by atoms with Crippen LogP contribution in [-0.4, -0.2) is 37.8 Å². The largest absolute Gasteiger partial charge is 0.508 e. The van der Waals surface area contributed by atoms with E-state index in [2.05, 4.69) is 5.32 Å². The highest BCUT2D eigenvalue weighted by molar-refractivity contribution is 8.26. The molecule has 1 heterocycles. The van der Waals surface area contributed by atoms with Crippen molar-refractivity contribution in [1.29, 1.82) is 0 Å². The van der Waals surface area contributed by atoms with Gasteiger partial charge in [-0.25, -0.2) is 0 Å². The maximum Gasteiger partial charge on any atom is 0.266 e. The highest BCUT2D eigenvalue weighted by Crippen LogP contribution is 2.34. The summed E-state index contributed by atoms with van der Waals surface area (Å²) in [6, 6.07) is 10.6. The topological polar surface area (TPSA) is 89.9 Å². The Bertz CT molecular complexity index is 960. The Balaban J connectivity index is 1.71. The number of carbonyl (C=O) groups excluding carboxylic acids is 2. The van der Waals surface area contributed by atoms with E-state index in [1.165, 1.54) is 29.2 Å². The summed E-state index contributed by atoms with van der Waals surface area (Å²) in [5.41, 5.74) is 0.915. The second kappa shape index (κ2) is 7.99. The van der Waals surface area contributed by atoms with Crippen LogP contribution in [0.15, 0.2) is 47.4 Å². The third kappa shape index (κ3) is 4.60. The Hall–Kier alpha value is -2.55. The van der Waals surface area contributed by atoms with Crippen molar-refractivity contribution in [3.05, 3.63) is 58.0 Å². The van der Waals surface area contributed by atoms with E-state index in [9.17, 15) is 19.8 Å². The summed E-state index contributed by atoms with van der Waals surface area (Å²) in [7, 11) is 0. The number of phenols is 2. The standard InChI is InChI=1S/C18H13ClN2O4S2/c19-11-2-4-12(5-3-11)20-16(24)9-21-17(25)15(27-18(21)26)7-10-1-6-13(22)8-14(10)23/h1-8,22-23H,9H2,(H,20,24)/b15-7-. The fourth-order valence-corrected chi connectivity index (χ4v) is 3.68. The van der Waals surface area contributed by atoms with Gasteiger partial charge in [0, 0.05) is 22.3 Å². The van der Waals surface area contributed by atoms with Crippen LogP contribution < -0.4 is 5.32 Å². The molecule has 0 atom stereocenters. The lowest BCUT2D eigenvalue weighted by Crippen LogP contribution is -2.36. The number of thiocarbonyl (C=S) groups is 1. The molecule has 2 aromatic rings. The molecule has 9 heteroatoms. The van der Waals surface area contributed by atoms with E-state index in [1.807, 2.05) is 0 Å². The number of phenolic OH excluding ortho intramolecular Hbond substituents is 2. The minimum absolute atomic E-state index is 0.0870. The van der Waals surface area contributed by atoms with Crippen molar-refractivity contribution >= 4 is 63.5 Å². The number of thioether (sulfide) groups is 1. The average molecular weight is 421 g/mol. The molecule has 0 aromatic heterocycles. The predicted octanol–water partition coefficient (Wildman–Crippen LogP) is 3.59. The van der Waals surface area contributed by atoms with Gasteiger partial charge in [-0.1, -0.05) is 35.6 Å². The number of halogens is 1. The monoisotopic (exact) mass is 420 g/mol. The molecule has 1 saturated heterocycles. The van der Waals surface area contributed by atoms with E-state index in [0.29, 0.717) is 16.3 Å². The number of nitrogens with one attached hydrogen (secondary N) is 1. The van der Waals surface area contributed by atoms with Crippen molar-refractivity contribution in [2.75, 3.05) is 11.9 Å². The van der Waals surface area contributed by atoms with Crippen molar-refractivity contribution in [3.8, 4) is 11.5 Å². The van der Waals surface area contributed by atoms with Gasteiger partial charge < -0.3 is 15.5 Å². The lowest BCUT2D eigenvalue weighted by atomic mass is 10.1. The number of aromatic hydroxyl groups is 2. The fraction of sp³-hybridized carbons (Fsp3) is 0.0556. The molecule has 0 saturated carbocycles. The Kier molecular flexibility index (Phi) is 5.69. The summed E-state index contributed by atoms with van der Waals surface area (Å²) in [4.78, 5) is 26.2. The number of nitrogens with zero attached hydrogens (tertiary/aromatic N) is 1. The molecule has 6 nitrogen and oxygen atoms in total. The number of hydrogen-bond donors (Lipinski definition) is 3. The fourth-order valence-electron chi connectivity index (χ4n) is 2.31. The second-order valence-electron chi connectivity index (χ2n) is 5.57. The number of amides is 2. The van der Waals surface area contributed by atoms with E-state index in [1.54, 1.807) is 24.3 Å². The first kappa shape index (κ1) is 19.2. The van der Waals surface area contributed by atoms with E-state index in [0.717, 1.165) is 11.8 Å². The number of anilines is 1. The minimum Gasteiger partial charge on any atom is -0.508 e. The highest BCUT2D eigenvalue weighted by Gasteiger charge is 2.33. The SMILES string of the molecule is O=C(CN1C(=O)/C(=C/c2ccc(O)cc2O)SC1=S)Nc1ccc(Cl)cc1. The Morgan fingerprint density at radius 1 is 1.22 bits per heavy atom. The van der Waals surface area contributed by atoms with Crippen LogP contribution in [0.5, 0.6) is 11.5 Å². The molecular weight excluding hydrogens is 408 g/mol. The van der Waals surface area contributed by atoms with Gasteiger partial charge in [-0.2, -0.15) is 0 Å². The van der Waals surface area contributed by atoms with Crippen LogP contribution in [0.2, 0.25) is 5.02 Å². The summed E-state index contributed by atoms with van der Waals surface area (Å²) < 4.78 is 0.246. The van der Waals surface area contributed by atoms with Crippen LogP contribution >= 0.6 is 35.6 Å². The van der Waals surface area contributed by atoms with Gasteiger partial charge in [-0.15, -0.1) is 0 Å². The Morgan fingerprint density at radius 3 is 2.59 bits per heavy atom. The molecule has 138 valence electrons. The van der Waals surface area contributed by atoms with Crippen molar-refractivity contribution in [2.24, 2.45) is 0 Å². The number of hydrogen-bond acceptors (Lipinski definition) is 6. The molecule has 2 amide bonds. The zero-order valence-electron chi connectivity index (χ0n) is 13.7. The van der Waals surface area contributed by atoms with Gasteiger partial charge in [0.25, 0.3) is 5.91 Å². The summed E-state index contributed by atoms with van der Waals surface area (Å²) in [5, 5.41) is 22.4. The van der Waals surface area contributed by atoms with E-state index >= 15 is 0 Å². The first-order valence-corrected chi connectivity index (χ1v) is 9.26. The van der Waals surface area contributed by atoms with Crippen molar-refractivity contribution in [3.63, 3.8) is 0 Å². The van der Waals surface area contributed by atoms with Crippen molar-refractivity contribution < 1.29 is 19.8 Å². The second-order valence-corrected chi connectivity index (χ2v) is 7.68. The molecule has 0 unspecified atom stereocenters. The highest BCUT2D eigenvalue weighted by atomic mass is 35.5. The molecule has 3 N–H and O–H groups in total. The molecule has 1 fully saturated rings. The first-order chi connectivity index (χ1) is 12.8. The first-order valence-electron chi connectivity index (χ1n) is 7.66. The number of carbonyl (C=O) groups is 2. The van der Waals surface area contributed by atoms with E-state index in [-0.39, 0.29) is 27.3 Å². The smallest absolute Gasteiger partial charge is 0.266 e. The summed E-state index contributed by atoms with van der Waals surface area (Å²) in [5.74, 6) is -1.08. The molecular formula is C18H13ClN2O4S2. The molecule has 0 spiro atoms. The quantitative estimate of drug-likeness (QED) is 0.517. The number of rotatable bonds is 4. The Labute approximate surface area is 169 Å². The molecule has 0 radical (unpaired) electrons. The van der Waals surface area contributed by atoms with Crippen LogP contribution in [0.1, 0.15) is 5.56 Å². The van der Waals surface area contributed by atoms with Gasteiger partial charge in [0.1, 0.15) is 22.4 Å². The van der Waals surface area contributed by atoms with Crippen LogP contribution in [0.3, 0.4) is 0 Å². The van der Waals surface area contributed by atoms with Gasteiger partial charge in [0.15, 0.2) is 0 Å². The van der Waals surface area contributed by atoms with Crippen LogP contribution in [0.25, 0.3) is 6.08 Å². The summed E-state index contributed by atoms with van der Waals surface area (Å²) in [6.07, 6.45) is 1.46. The van der Waals surface area contributed by atoms with Gasteiger partial charge in [-0.3, -0.25) is 14.5 Å². The minimum atomic E-state index is -0.427. The van der Waals surface area contributed by atoms with Gasteiger partial charge in [0.2, 0.25) is 5.91 Å². The predicted molar refractivity (Wildman–Crippen MR) is 110 cm³/mol. The normalized spacial score (nSPS) is 15.4.